The lowest BCUT2D eigenvalue weighted by molar-refractivity contribution is -0.158. The summed E-state index contributed by atoms with van der Waals surface area (Å²) in [7, 11) is 7.83. The fourth-order valence-corrected chi connectivity index (χ4v) is 12.7. The van der Waals surface area contributed by atoms with Crippen molar-refractivity contribution in [1.82, 2.24) is 10.6 Å². The molecular formula is C63H84Br2N4O17. The van der Waals surface area contributed by atoms with Crippen LogP contribution in [-0.4, -0.2) is 153 Å². The summed E-state index contributed by atoms with van der Waals surface area (Å²) < 4.78 is 53.5. The van der Waals surface area contributed by atoms with E-state index in [9.17, 15) is 39.0 Å². The number of alkyl carbamates (subject to hydrolysis) is 2. The number of epoxide rings is 2. The Hall–Kier alpha value is -5.66. The van der Waals surface area contributed by atoms with Crippen molar-refractivity contribution in [2.45, 2.75) is 179 Å². The van der Waals surface area contributed by atoms with Gasteiger partial charge in [0.1, 0.15) is 53.6 Å². The zero-order valence-corrected chi connectivity index (χ0v) is 54.9. The van der Waals surface area contributed by atoms with E-state index in [4.69, 9.17) is 42.6 Å². The lowest BCUT2D eigenvalue weighted by atomic mass is 9.83. The first kappa shape index (κ1) is 67.8. The maximum absolute atomic E-state index is 13.8. The molecular weight excluding hydrogens is 1240 g/mol. The van der Waals surface area contributed by atoms with Gasteiger partial charge < -0.3 is 62.6 Å². The van der Waals surface area contributed by atoms with Gasteiger partial charge in [-0.15, -0.1) is 0 Å². The molecule has 6 heterocycles. The van der Waals surface area contributed by atoms with Crippen molar-refractivity contribution in [3.8, 4) is 5.75 Å². The summed E-state index contributed by atoms with van der Waals surface area (Å²) in [5.74, 6) is -2.56. The topological polar surface area (TPSA) is 263 Å². The third-order valence-electron chi connectivity index (χ3n) is 17.1. The predicted molar refractivity (Wildman–Crippen MR) is 326 cm³/mol. The molecule has 14 atom stereocenters. The van der Waals surface area contributed by atoms with E-state index in [0.29, 0.717) is 34.4 Å². The molecule has 6 aliphatic heterocycles. The number of nitrogens with one attached hydrogen (secondary N) is 2. The van der Waals surface area contributed by atoms with Crippen LogP contribution in [0.5, 0.6) is 5.75 Å². The van der Waals surface area contributed by atoms with Gasteiger partial charge in [0.25, 0.3) is 0 Å². The van der Waals surface area contributed by atoms with E-state index in [2.05, 4.69) is 42.5 Å². The number of esters is 2. The van der Waals surface area contributed by atoms with Crippen molar-refractivity contribution < 1.29 is 81.6 Å². The largest absolute Gasteiger partial charge is 0.495 e. The number of fused-ring (bicyclic) bond motifs is 10. The van der Waals surface area contributed by atoms with E-state index < -0.39 is 119 Å². The van der Waals surface area contributed by atoms with Crippen LogP contribution in [0.15, 0.2) is 86.9 Å². The Balaban J connectivity index is 0.000000246. The molecule has 0 aliphatic carbocycles. The molecule has 4 saturated heterocycles. The highest BCUT2D eigenvalue weighted by molar-refractivity contribution is 9.11. The van der Waals surface area contributed by atoms with Crippen LogP contribution >= 0.6 is 31.9 Å². The van der Waals surface area contributed by atoms with Crippen LogP contribution in [0.3, 0.4) is 0 Å². The number of hydrogen-bond acceptors (Lipinski definition) is 17. The van der Waals surface area contributed by atoms with Gasteiger partial charge in [-0.1, -0.05) is 95.2 Å². The monoisotopic (exact) mass is 1330 g/mol. The molecule has 0 radical (unpaired) electrons. The number of methoxy groups -OCH3 is 3. The number of ether oxygens (including phenoxy) is 9. The van der Waals surface area contributed by atoms with Crippen LogP contribution < -0.4 is 25.2 Å². The van der Waals surface area contributed by atoms with Gasteiger partial charge in [0.05, 0.1) is 59.8 Å². The molecule has 0 aromatic heterocycles. The Bertz CT molecular complexity index is 3020. The lowest BCUT2D eigenvalue weighted by Crippen LogP contribution is -2.63. The number of aliphatic hydroxyl groups is 2. The van der Waals surface area contributed by atoms with Gasteiger partial charge in [-0.3, -0.25) is 29.8 Å². The second-order valence-corrected chi connectivity index (χ2v) is 26.1. The summed E-state index contributed by atoms with van der Waals surface area (Å²) in [5.41, 5.74) is -0.368. The second kappa shape index (κ2) is 27.4. The highest BCUT2D eigenvalue weighted by Gasteiger charge is 2.66. The SMILES string of the molecule is CO[C@@H]1/C=C/C=C(\C)Cc2ccc(Br)c(c2)N(C)C(=O)C[C@H](OC(=O)C(C)C)[C@]2(C)O[C@H]2[C@H](C)[C@@H]2C[C@@]1(O)NC(=O)O2.COc1cc2cc(c1Br)N(C)C(=O)C[C@H](OC(=O)C(C)C)[C@]1(C)O[C@H]1[C@H](C)[C@@H]1C[C@@](O)(NC(=O)O1)[C@H](OC)/C=C/C=C(\C)C2. The van der Waals surface area contributed by atoms with E-state index in [-0.39, 0.29) is 37.5 Å². The molecule has 0 unspecified atom stereocenters. The zero-order chi connectivity index (χ0) is 63.5. The number of nitrogens with zero attached hydrogens (tertiary/aromatic N) is 2. The minimum absolute atomic E-state index is 0.0131. The van der Waals surface area contributed by atoms with Gasteiger partial charge in [-0.05, 0) is 108 Å². The number of amides is 4. The number of rotatable bonds is 7. The van der Waals surface area contributed by atoms with Crippen LogP contribution in [0, 0.1) is 23.7 Å². The molecule has 6 aliphatic rings. The minimum atomic E-state index is -1.76. The third-order valence-corrected chi connectivity index (χ3v) is 18.5. The lowest BCUT2D eigenvalue weighted by Gasteiger charge is -2.42. The van der Waals surface area contributed by atoms with Crippen molar-refractivity contribution in [1.29, 1.82) is 0 Å². The van der Waals surface area contributed by atoms with Crippen molar-refractivity contribution in [3.63, 3.8) is 0 Å². The first-order valence-electron chi connectivity index (χ1n) is 28.9. The second-order valence-electron chi connectivity index (χ2n) is 24.4. The van der Waals surface area contributed by atoms with Crippen LogP contribution in [0.4, 0.5) is 21.0 Å². The average Bonchev–Trinajstić information content (AvgIpc) is 1.62. The first-order chi connectivity index (χ1) is 40.3. The molecule has 4 amide bonds. The number of carbonyl (C=O) groups is 6. The van der Waals surface area contributed by atoms with Gasteiger partial charge in [-0.2, -0.15) is 0 Å². The highest BCUT2D eigenvalue weighted by Crippen LogP contribution is 2.51. The highest BCUT2D eigenvalue weighted by atomic mass is 79.9. The van der Waals surface area contributed by atoms with Crippen LogP contribution in [-0.2, 0) is 69.9 Å². The minimum Gasteiger partial charge on any atom is -0.495 e. The molecule has 0 spiro atoms. The van der Waals surface area contributed by atoms with Crippen molar-refractivity contribution in [3.05, 3.63) is 98.0 Å². The summed E-state index contributed by atoms with van der Waals surface area (Å²) in [4.78, 5) is 81.4. The Kier molecular flexibility index (Phi) is 21.6. The fourth-order valence-electron chi connectivity index (χ4n) is 11.6. The van der Waals surface area contributed by atoms with E-state index in [1.807, 2.05) is 70.2 Å². The Morgan fingerprint density at radius 1 is 0.663 bits per heavy atom. The van der Waals surface area contributed by atoms with E-state index in [0.717, 1.165) is 26.7 Å². The van der Waals surface area contributed by atoms with Gasteiger partial charge in [0, 0.05) is 57.5 Å². The summed E-state index contributed by atoms with van der Waals surface area (Å²) in [6, 6.07) is 9.63. The number of carbonyl (C=O) groups excluding carboxylic acids is 6. The van der Waals surface area contributed by atoms with Gasteiger partial charge in [0.15, 0.2) is 11.4 Å². The van der Waals surface area contributed by atoms with Crippen LogP contribution in [0.2, 0.25) is 0 Å². The Morgan fingerprint density at radius 2 is 1.08 bits per heavy atom. The van der Waals surface area contributed by atoms with Crippen molar-refractivity contribution >= 4 is 79.2 Å². The van der Waals surface area contributed by atoms with Gasteiger partial charge in [0.2, 0.25) is 11.8 Å². The van der Waals surface area contributed by atoms with Crippen molar-refractivity contribution in [2.75, 3.05) is 45.2 Å². The van der Waals surface area contributed by atoms with E-state index in [1.54, 1.807) is 92.0 Å². The summed E-state index contributed by atoms with van der Waals surface area (Å²) in [6.07, 6.45) is 4.01. The van der Waals surface area contributed by atoms with Crippen LogP contribution in [0.1, 0.15) is 106 Å². The molecule has 8 rings (SSSR count). The summed E-state index contributed by atoms with van der Waals surface area (Å²) in [5, 5.41) is 28.2. The Morgan fingerprint density at radius 3 is 1.50 bits per heavy atom. The van der Waals surface area contributed by atoms with Gasteiger partial charge >= 0.3 is 24.1 Å². The van der Waals surface area contributed by atoms with E-state index >= 15 is 0 Å². The molecule has 4 N–H and O–H groups in total. The standard InChI is InChI=1S/C32H43BrN2O9.C31H41BrN2O8/c1-17(2)29(37)43-25-15-26(36)35(6)21-13-20(14-22(40-7)27(21)33)12-18(3)10-9-11-24(41-8)32(39)16-23(42-30(38)34-32)19(4)28-31(25,5)44-28;1-17(2)28(36)41-25-15-26(35)34(6)22-14-20(11-12-21(22)32)13-18(3)9-8-10-24(39-7)31(38)16-23(40-29(37)33-31)19(4)27-30(25,5)42-27/h9-11,13-14,17,19,23-25,28,39H,12,15-16H2,1-8H3,(H,34,38);8-12,14,17,19,23-25,27,38H,13,15-16H2,1-7H3,(H,33,37)/b11-9+,18-10+;10-8+,18-9+/t19-,23+,24-,25+,28+,31+,32+;19-,23+,24-,25+,27+,30+,31+/m11/s1. The average molecular weight is 1330 g/mol. The summed E-state index contributed by atoms with van der Waals surface area (Å²) in [6.45, 7) is 18.1. The molecule has 86 heavy (non-hydrogen) atoms. The number of halogens is 2. The molecule has 472 valence electrons. The van der Waals surface area contributed by atoms with Crippen molar-refractivity contribution in [2.24, 2.45) is 23.7 Å². The molecule has 23 heteroatoms. The molecule has 0 saturated carbocycles. The normalized spacial score (nSPS) is 35.2. The maximum Gasteiger partial charge on any atom is 0.409 e. The quantitative estimate of drug-likeness (QED) is 0.115. The van der Waals surface area contributed by atoms with E-state index in [1.165, 1.54) is 19.1 Å². The Labute approximate surface area is 520 Å². The van der Waals surface area contributed by atoms with Crippen LogP contribution in [0.25, 0.3) is 0 Å². The van der Waals surface area contributed by atoms with Gasteiger partial charge in [-0.25, -0.2) is 9.59 Å². The number of benzene rings is 2. The molecule has 2 aromatic carbocycles. The maximum atomic E-state index is 13.8. The molecule has 21 nitrogen and oxygen atoms in total. The number of allylic oxidation sites excluding steroid dienone is 6. The smallest absolute Gasteiger partial charge is 0.409 e. The number of anilines is 2. The fraction of sp³-hybridized carbons (Fsp3) is 0.587. The summed E-state index contributed by atoms with van der Waals surface area (Å²) >= 11 is 7.17. The predicted octanol–water partition coefficient (Wildman–Crippen LogP) is 8.86. The number of hydrogen-bond donors (Lipinski definition) is 4. The first-order valence-corrected chi connectivity index (χ1v) is 30.5. The third kappa shape index (κ3) is 15.2. The molecule has 4 fully saturated rings. The zero-order valence-electron chi connectivity index (χ0n) is 51.7. The molecule has 8 bridgehead atoms. The molecule has 2 aromatic rings.